The normalized spacial score (nSPS) is 21.5. The van der Waals surface area contributed by atoms with Crippen molar-refractivity contribution in [3.63, 3.8) is 0 Å². The van der Waals surface area contributed by atoms with Crippen LogP contribution in [0.15, 0.2) is 58.3 Å². The van der Waals surface area contributed by atoms with Crippen LogP contribution in [0.2, 0.25) is 0 Å². The zero-order chi connectivity index (χ0) is 13.9. The van der Waals surface area contributed by atoms with E-state index in [-0.39, 0.29) is 4.90 Å². The van der Waals surface area contributed by atoms with Crippen molar-refractivity contribution >= 4 is 21.7 Å². The van der Waals surface area contributed by atoms with Crippen molar-refractivity contribution < 1.29 is 8.42 Å². The SMILES string of the molecule is C=CS(=O)(=O)c1ccc(NC2(CC)C=CC=N2)cc1. The summed E-state index contributed by atoms with van der Waals surface area (Å²) >= 11 is 0. The summed E-state index contributed by atoms with van der Waals surface area (Å²) < 4.78 is 23.2. The van der Waals surface area contributed by atoms with E-state index < -0.39 is 15.5 Å². The second-order valence-electron chi connectivity index (χ2n) is 4.28. The molecule has 0 spiro atoms. The van der Waals surface area contributed by atoms with E-state index in [0.717, 1.165) is 17.5 Å². The highest BCUT2D eigenvalue weighted by molar-refractivity contribution is 7.94. The van der Waals surface area contributed by atoms with Crippen molar-refractivity contribution in [2.24, 2.45) is 4.99 Å². The molecule has 100 valence electrons. The molecule has 0 fully saturated rings. The highest BCUT2D eigenvalue weighted by Crippen LogP contribution is 2.25. The van der Waals surface area contributed by atoms with Crippen molar-refractivity contribution in [2.45, 2.75) is 23.9 Å². The predicted octanol–water partition coefficient (Wildman–Crippen LogP) is 2.76. The second-order valence-corrected chi connectivity index (χ2v) is 6.17. The van der Waals surface area contributed by atoms with Gasteiger partial charge in [0.25, 0.3) is 0 Å². The number of benzene rings is 1. The average molecular weight is 276 g/mol. The zero-order valence-electron chi connectivity index (χ0n) is 10.7. The number of allylic oxidation sites excluding steroid dienone is 1. The van der Waals surface area contributed by atoms with Crippen LogP contribution in [0.5, 0.6) is 0 Å². The van der Waals surface area contributed by atoms with Gasteiger partial charge in [-0.1, -0.05) is 13.5 Å². The molecule has 0 saturated carbocycles. The number of hydrogen-bond acceptors (Lipinski definition) is 4. The number of anilines is 1. The Bertz CT molecular complexity index is 616. The molecular weight excluding hydrogens is 260 g/mol. The highest BCUT2D eigenvalue weighted by atomic mass is 32.2. The smallest absolute Gasteiger partial charge is 0.199 e. The molecule has 19 heavy (non-hydrogen) atoms. The minimum absolute atomic E-state index is 0.240. The molecular formula is C14H16N2O2S. The van der Waals surface area contributed by atoms with Gasteiger partial charge < -0.3 is 5.32 Å². The van der Waals surface area contributed by atoms with Crippen LogP contribution in [0.25, 0.3) is 0 Å². The van der Waals surface area contributed by atoms with Gasteiger partial charge in [0.15, 0.2) is 9.84 Å². The summed E-state index contributed by atoms with van der Waals surface area (Å²) in [4.78, 5) is 4.63. The van der Waals surface area contributed by atoms with Crippen LogP contribution in [0.4, 0.5) is 5.69 Å². The summed E-state index contributed by atoms with van der Waals surface area (Å²) in [6.07, 6.45) is 6.45. The Balaban J connectivity index is 2.23. The molecule has 1 aliphatic heterocycles. The van der Waals surface area contributed by atoms with Crippen molar-refractivity contribution in [3.05, 3.63) is 48.4 Å². The zero-order valence-corrected chi connectivity index (χ0v) is 11.5. The maximum Gasteiger partial charge on any atom is 0.199 e. The van der Waals surface area contributed by atoms with Gasteiger partial charge in [0.05, 0.1) is 4.90 Å². The monoisotopic (exact) mass is 276 g/mol. The summed E-state index contributed by atoms with van der Waals surface area (Å²) in [5.41, 5.74) is 0.410. The van der Waals surface area contributed by atoms with Gasteiger partial charge in [-0.05, 0) is 42.8 Å². The summed E-state index contributed by atoms with van der Waals surface area (Å²) in [6, 6.07) is 6.58. The van der Waals surface area contributed by atoms with Gasteiger partial charge in [-0.3, -0.25) is 4.99 Å². The second kappa shape index (κ2) is 5.01. The molecule has 1 aromatic carbocycles. The summed E-state index contributed by atoms with van der Waals surface area (Å²) in [5.74, 6) is 0. The van der Waals surface area contributed by atoms with Gasteiger partial charge >= 0.3 is 0 Å². The maximum absolute atomic E-state index is 11.6. The van der Waals surface area contributed by atoms with Gasteiger partial charge in [-0.25, -0.2) is 8.42 Å². The van der Waals surface area contributed by atoms with E-state index in [4.69, 9.17) is 0 Å². The molecule has 0 bridgehead atoms. The lowest BCUT2D eigenvalue weighted by Crippen LogP contribution is -2.31. The largest absolute Gasteiger partial charge is 0.358 e. The third-order valence-corrected chi connectivity index (χ3v) is 4.43. The van der Waals surface area contributed by atoms with Crippen molar-refractivity contribution in [3.8, 4) is 0 Å². The van der Waals surface area contributed by atoms with Gasteiger partial charge in [0.2, 0.25) is 0 Å². The van der Waals surface area contributed by atoms with E-state index in [1.807, 2.05) is 19.1 Å². The molecule has 1 unspecified atom stereocenters. The molecule has 4 nitrogen and oxygen atoms in total. The van der Waals surface area contributed by atoms with E-state index >= 15 is 0 Å². The van der Waals surface area contributed by atoms with Crippen molar-refractivity contribution in [1.82, 2.24) is 0 Å². The minimum Gasteiger partial charge on any atom is -0.358 e. The summed E-state index contributed by atoms with van der Waals surface area (Å²) in [6.45, 7) is 5.35. The molecule has 5 heteroatoms. The lowest BCUT2D eigenvalue weighted by molar-refractivity contribution is 0.594. The van der Waals surface area contributed by atoms with Crippen LogP contribution < -0.4 is 5.32 Å². The van der Waals surface area contributed by atoms with Crippen LogP contribution in [0, 0.1) is 0 Å². The molecule has 1 heterocycles. The Kier molecular flexibility index (Phi) is 3.57. The topological polar surface area (TPSA) is 58.5 Å². The van der Waals surface area contributed by atoms with Gasteiger partial charge in [-0.2, -0.15) is 0 Å². The average Bonchev–Trinajstić information content (AvgIpc) is 2.88. The lowest BCUT2D eigenvalue weighted by Gasteiger charge is -2.25. The van der Waals surface area contributed by atoms with E-state index in [9.17, 15) is 8.42 Å². The first-order valence-corrected chi connectivity index (χ1v) is 7.55. The van der Waals surface area contributed by atoms with Crippen LogP contribution >= 0.6 is 0 Å². The number of rotatable bonds is 5. The highest BCUT2D eigenvalue weighted by Gasteiger charge is 2.25. The Morgan fingerprint density at radius 3 is 2.53 bits per heavy atom. The maximum atomic E-state index is 11.6. The molecule has 2 rings (SSSR count). The van der Waals surface area contributed by atoms with Gasteiger partial charge in [0, 0.05) is 17.3 Å². The first kappa shape index (κ1) is 13.5. The fourth-order valence-corrected chi connectivity index (χ4v) is 2.57. The molecule has 0 saturated heterocycles. The third kappa shape index (κ3) is 2.76. The molecule has 1 atom stereocenters. The number of sulfone groups is 1. The van der Waals surface area contributed by atoms with Crippen molar-refractivity contribution in [1.29, 1.82) is 0 Å². The molecule has 0 aliphatic carbocycles. The standard InChI is InChI=1S/C14H16N2O2S/c1-3-14(10-5-11-15-14)16-12-6-8-13(9-7-12)19(17,18)4-2/h4-11,16H,2-3H2,1H3. The molecule has 1 N–H and O–H groups in total. The minimum atomic E-state index is -3.37. The molecule has 0 aromatic heterocycles. The first-order chi connectivity index (χ1) is 9.01. The summed E-state index contributed by atoms with van der Waals surface area (Å²) in [5, 5.41) is 4.25. The quantitative estimate of drug-likeness (QED) is 0.899. The number of nitrogens with zero attached hydrogens (tertiary/aromatic N) is 1. The van der Waals surface area contributed by atoms with Gasteiger partial charge in [0.1, 0.15) is 5.66 Å². The van der Waals surface area contributed by atoms with E-state index in [0.29, 0.717) is 0 Å². The Morgan fingerprint density at radius 1 is 1.37 bits per heavy atom. The number of nitrogens with one attached hydrogen (secondary N) is 1. The van der Waals surface area contributed by atoms with E-state index in [1.54, 1.807) is 30.5 Å². The molecule has 1 aromatic rings. The Labute approximate surface area is 113 Å². The van der Waals surface area contributed by atoms with E-state index in [1.165, 1.54) is 0 Å². The van der Waals surface area contributed by atoms with Gasteiger partial charge in [-0.15, -0.1) is 0 Å². The summed E-state index contributed by atoms with van der Waals surface area (Å²) in [7, 11) is -3.37. The number of hydrogen-bond donors (Lipinski definition) is 1. The van der Waals surface area contributed by atoms with Crippen LogP contribution in [0.1, 0.15) is 13.3 Å². The molecule has 0 radical (unpaired) electrons. The van der Waals surface area contributed by atoms with Crippen LogP contribution in [0.3, 0.4) is 0 Å². The van der Waals surface area contributed by atoms with Crippen LogP contribution in [-0.4, -0.2) is 20.3 Å². The third-order valence-electron chi connectivity index (χ3n) is 3.06. The predicted molar refractivity (Wildman–Crippen MR) is 78.1 cm³/mol. The molecule has 0 amide bonds. The van der Waals surface area contributed by atoms with E-state index in [2.05, 4.69) is 16.9 Å². The Hall–Kier alpha value is -1.88. The Morgan fingerprint density at radius 2 is 2.05 bits per heavy atom. The number of aliphatic imine (C=N–C) groups is 1. The fraction of sp³-hybridized carbons (Fsp3) is 0.214. The lowest BCUT2D eigenvalue weighted by atomic mass is 10.1. The molecule has 1 aliphatic rings. The fourth-order valence-electron chi connectivity index (χ4n) is 1.87. The first-order valence-electron chi connectivity index (χ1n) is 6.00. The van der Waals surface area contributed by atoms with Crippen molar-refractivity contribution in [2.75, 3.05) is 5.32 Å². The van der Waals surface area contributed by atoms with Crippen LogP contribution in [-0.2, 0) is 9.84 Å².